The zero-order chi connectivity index (χ0) is 38.5. The number of hydrogen-bond acceptors (Lipinski definition) is 3. The molecule has 7 rings (SSSR count). The van der Waals surface area contributed by atoms with E-state index in [1.54, 1.807) is 18.5 Å². The summed E-state index contributed by atoms with van der Waals surface area (Å²) in [5.74, 6) is 1.39. The van der Waals surface area contributed by atoms with Crippen molar-refractivity contribution >= 4 is 44.7 Å². The van der Waals surface area contributed by atoms with Gasteiger partial charge in [0.05, 0.1) is 11.8 Å². The highest BCUT2D eigenvalue weighted by molar-refractivity contribution is 6.15. The van der Waals surface area contributed by atoms with Gasteiger partial charge >= 0.3 is 0 Å². The highest BCUT2D eigenvalue weighted by Gasteiger charge is 2.22. The minimum atomic E-state index is -0.0935. The molecular formula is C51H50N4. The van der Waals surface area contributed by atoms with E-state index in [1.807, 2.05) is 36.7 Å². The van der Waals surface area contributed by atoms with E-state index in [-0.39, 0.29) is 12.0 Å². The van der Waals surface area contributed by atoms with Crippen molar-refractivity contribution in [3.05, 3.63) is 191 Å². The summed E-state index contributed by atoms with van der Waals surface area (Å²) in [4.78, 5) is 18.7. The SMILES string of the molecule is C=C/C(=N\C(Cc1ccccc1C(C)/C=C\C(=C/C)c1ccc2c3c(c4cc(C)ccc4c2c1)C(C)CC(C)=C3)=N/C(C)c1ccncc1)c1ccncc1. The molecule has 0 spiro atoms. The number of aryl methyl sites for hydroxylation is 1. The number of benzene rings is 4. The van der Waals surface area contributed by atoms with Crippen LogP contribution in [0, 0.1) is 6.92 Å². The fourth-order valence-corrected chi connectivity index (χ4v) is 8.13. The van der Waals surface area contributed by atoms with Crippen LogP contribution >= 0.6 is 0 Å². The molecule has 55 heavy (non-hydrogen) atoms. The summed E-state index contributed by atoms with van der Waals surface area (Å²) in [7, 11) is 0. The highest BCUT2D eigenvalue weighted by Crippen LogP contribution is 2.44. The predicted octanol–water partition coefficient (Wildman–Crippen LogP) is 13.1. The van der Waals surface area contributed by atoms with Crippen molar-refractivity contribution in [3.8, 4) is 0 Å². The second-order valence-electron chi connectivity index (χ2n) is 14.9. The zero-order valence-corrected chi connectivity index (χ0v) is 32.9. The third-order valence-electron chi connectivity index (χ3n) is 10.9. The Labute approximate surface area is 326 Å². The van der Waals surface area contributed by atoms with Crippen LogP contribution in [0.5, 0.6) is 0 Å². The third-order valence-corrected chi connectivity index (χ3v) is 10.9. The number of allylic oxidation sites excluding steroid dienone is 6. The van der Waals surface area contributed by atoms with E-state index in [0.29, 0.717) is 12.3 Å². The molecule has 0 N–H and O–H groups in total. The van der Waals surface area contributed by atoms with Crippen LogP contribution in [-0.4, -0.2) is 21.5 Å². The van der Waals surface area contributed by atoms with Crippen LogP contribution in [0.1, 0.15) is 103 Å². The van der Waals surface area contributed by atoms with Crippen molar-refractivity contribution in [1.29, 1.82) is 0 Å². The van der Waals surface area contributed by atoms with E-state index in [0.717, 1.165) is 29.1 Å². The van der Waals surface area contributed by atoms with Crippen LogP contribution in [0.3, 0.4) is 0 Å². The summed E-state index contributed by atoms with van der Waals surface area (Å²) in [6, 6.07) is 30.5. The topological polar surface area (TPSA) is 50.5 Å². The fourth-order valence-electron chi connectivity index (χ4n) is 8.13. The van der Waals surface area contributed by atoms with E-state index in [9.17, 15) is 0 Å². The van der Waals surface area contributed by atoms with Gasteiger partial charge in [-0.05, 0) is 143 Å². The second-order valence-corrected chi connectivity index (χ2v) is 14.9. The Bertz CT molecular complexity index is 2520. The minimum Gasteiger partial charge on any atom is -0.265 e. The van der Waals surface area contributed by atoms with Crippen molar-refractivity contribution in [3.63, 3.8) is 0 Å². The maximum Gasteiger partial charge on any atom is 0.129 e. The predicted molar refractivity (Wildman–Crippen MR) is 235 cm³/mol. The summed E-state index contributed by atoms with van der Waals surface area (Å²) >= 11 is 0. The Morgan fingerprint density at radius 1 is 0.836 bits per heavy atom. The molecule has 4 heteroatoms. The lowest BCUT2D eigenvalue weighted by Gasteiger charge is -2.26. The third kappa shape index (κ3) is 8.10. The lowest BCUT2D eigenvalue weighted by Crippen LogP contribution is -2.10. The first kappa shape index (κ1) is 37.3. The van der Waals surface area contributed by atoms with Gasteiger partial charge in [-0.15, -0.1) is 0 Å². The molecule has 1 aliphatic rings. The first-order valence-corrected chi connectivity index (χ1v) is 19.4. The molecule has 4 nitrogen and oxygen atoms in total. The molecular weight excluding hydrogens is 669 g/mol. The van der Waals surface area contributed by atoms with E-state index < -0.39 is 0 Å². The maximum absolute atomic E-state index is 5.18. The van der Waals surface area contributed by atoms with Crippen LogP contribution in [-0.2, 0) is 6.42 Å². The number of rotatable bonds is 10. The average Bonchev–Trinajstić information content (AvgIpc) is 3.20. The Balaban J connectivity index is 1.22. The standard InChI is InChI=1S/C51H50N4/c1-8-38(41-17-19-45-46(31-41)44-18-14-33(3)29-47(44)51-36(6)28-34(4)30-48(45)51)16-15-35(5)43-13-11-10-12-42(43)32-50(54-37(7)39-20-24-52-25-21-39)55-49(9-2)40-22-26-53-27-23-40/h8-27,29-31,35-37H,2,28,32H2,1,3-7H3/b16-15-,38-8+,54-50-,55-49+. The number of aromatic nitrogens is 2. The summed E-state index contributed by atoms with van der Waals surface area (Å²) in [6.07, 6.45) is 19.9. The van der Waals surface area contributed by atoms with E-state index in [2.05, 4.69) is 143 Å². The molecule has 274 valence electrons. The molecule has 0 aliphatic heterocycles. The molecule has 0 fully saturated rings. The quantitative estimate of drug-likeness (QED) is 0.0613. The van der Waals surface area contributed by atoms with E-state index >= 15 is 0 Å². The summed E-state index contributed by atoms with van der Waals surface area (Å²) in [5.41, 5.74) is 13.3. The Hall–Kier alpha value is -6.00. The van der Waals surface area contributed by atoms with Crippen molar-refractivity contribution in [2.75, 3.05) is 0 Å². The second kappa shape index (κ2) is 16.6. The van der Waals surface area contributed by atoms with Crippen LogP contribution in [0.4, 0.5) is 0 Å². The van der Waals surface area contributed by atoms with Gasteiger partial charge in [-0.3, -0.25) is 15.0 Å². The monoisotopic (exact) mass is 718 g/mol. The molecule has 0 bridgehead atoms. The Kier molecular flexibility index (Phi) is 11.2. The van der Waals surface area contributed by atoms with Gasteiger partial charge < -0.3 is 0 Å². The van der Waals surface area contributed by atoms with Crippen LogP contribution in [0.15, 0.2) is 156 Å². The summed E-state index contributed by atoms with van der Waals surface area (Å²) in [5, 5.41) is 5.38. The zero-order valence-electron chi connectivity index (χ0n) is 32.9. The number of nitrogens with zero attached hydrogens (tertiary/aromatic N) is 4. The number of fused-ring (bicyclic) bond motifs is 6. The van der Waals surface area contributed by atoms with Gasteiger partial charge in [0, 0.05) is 36.8 Å². The molecule has 6 aromatic rings. The number of pyridine rings is 2. The smallest absolute Gasteiger partial charge is 0.129 e. The van der Waals surface area contributed by atoms with E-state index in [4.69, 9.17) is 9.98 Å². The molecule has 0 saturated heterocycles. The number of hydrogen-bond donors (Lipinski definition) is 0. The lowest BCUT2D eigenvalue weighted by atomic mass is 9.78. The van der Waals surface area contributed by atoms with Gasteiger partial charge in [-0.2, -0.15) is 0 Å². The summed E-state index contributed by atoms with van der Waals surface area (Å²) < 4.78 is 0. The molecule has 0 amide bonds. The van der Waals surface area contributed by atoms with Gasteiger partial charge in [-0.25, -0.2) is 4.99 Å². The van der Waals surface area contributed by atoms with Gasteiger partial charge in [0.25, 0.3) is 0 Å². The normalized spacial score (nSPS) is 16.3. The van der Waals surface area contributed by atoms with Gasteiger partial charge in [0.1, 0.15) is 5.84 Å². The molecule has 3 unspecified atom stereocenters. The molecule has 2 heterocycles. The lowest BCUT2D eigenvalue weighted by molar-refractivity contribution is 0.750. The Morgan fingerprint density at radius 2 is 1.56 bits per heavy atom. The molecule has 1 aliphatic carbocycles. The van der Waals surface area contributed by atoms with Crippen LogP contribution in [0.25, 0.3) is 33.2 Å². The highest BCUT2D eigenvalue weighted by atomic mass is 14.9. The van der Waals surface area contributed by atoms with Crippen molar-refractivity contribution in [2.24, 2.45) is 9.98 Å². The molecule has 3 atom stereocenters. The fraction of sp³-hybridized carbons (Fsp3) is 0.216. The average molecular weight is 719 g/mol. The largest absolute Gasteiger partial charge is 0.265 e. The van der Waals surface area contributed by atoms with Crippen molar-refractivity contribution in [1.82, 2.24) is 9.97 Å². The van der Waals surface area contributed by atoms with Gasteiger partial charge in [0.2, 0.25) is 0 Å². The molecule has 4 aromatic carbocycles. The van der Waals surface area contributed by atoms with Crippen LogP contribution in [0.2, 0.25) is 0 Å². The van der Waals surface area contributed by atoms with E-state index in [1.165, 1.54) is 66.1 Å². The van der Waals surface area contributed by atoms with Crippen LogP contribution < -0.4 is 0 Å². The first-order valence-electron chi connectivity index (χ1n) is 19.4. The summed E-state index contributed by atoms with van der Waals surface area (Å²) in [6.45, 7) is 17.4. The van der Waals surface area contributed by atoms with Crippen molar-refractivity contribution < 1.29 is 0 Å². The number of amidine groups is 1. The Morgan fingerprint density at radius 3 is 2.31 bits per heavy atom. The number of aliphatic imine (C=N–C) groups is 2. The minimum absolute atomic E-state index is 0.0935. The van der Waals surface area contributed by atoms with Crippen molar-refractivity contribution in [2.45, 2.75) is 72.3 Å². The van der Waals surface area contributed by atoms with Gasteiger partial charge in [-0.1, -0.05) is 110 Å². The molecule has 0 saturated carbocycles. The first-order chi connectivity index (χ1) is 26.7. The molecule has 2 aromatic heterocycles. The van der Waals surface area contributed by atoms with Gasteiger partial charge in [0.15, 0.2) is 0 Å². The maximum atomic E-state index is 5.18. The molecule has 0 radical (unpaired) electrons.